The number of amides is 3. The van der Waals surface area contributed by atoms with Gasteiger partial charge in [-0.2, -0.15) is 0 Å². The number of nitrogens with one attached hydrogen (secondary N) is 1. The zero-order chi connectivity index (χ0) is 15.2. The maximum Gasteiger partial charge on any atom is 0.254 e. The molecule has 0 spiro atoms. The van der Waals surface area contributed by atoms with Crippen LogP contribution in [0, 0.1) is 0 Å². The highest BCUT2D eigenvalue weighted by molar-refractivity contribution is 6.05. The van der Waals surface area contributed by atoms with Crippen molar-refractivity contribution in [3.05, 3.63) is 29.8 Å². The maximum absolute atomic E-state index is 12.2. The molecule has 1 heterocycles. The van der Waals surface area contributed by atoms with E-state index in [1.54, 1.807) is 24.3 Å². The summed E-state index contributed by atoms with van der Waals surface area (Å²) in [5.74, 6) is -0.552. The number of hydrogen-bond donors (Lipinski definition) is 1. The number of benzene rings is 1. The van der Waals surface area contributed by atoms with Gasteiger partial charge in [-0.05, 0) is 30.7 Å². The molecule has 1 aliphatic rings. The van der Waals surface area contributed by atoms with E-state index in [-0.39, 0.29) is 19.0 Å². The molecule has 6 heteroatoms. The van der Waals surface area contributed by atoms with Gasteiger partial charge in [-0.3, -0.25) is 19.7 Å². The van der Waals surface area contributed by atoms with E-state index in [1.807, 2.05) is 0 Å². The number of nitrogens with zero attached hydrogens (tertiary/aromatic N) is 1. The highest BCUT2D eigenvalue weighted by Crippen LogP contribution is 2.14. The summed E-state index contributed by atoms with van der Waals surface area (Å²) in [4.78, 5) is 36.0. The van der Waals surface area contributed by atoms with Gasteiger partial charge in [0.25, 0.3) is 5.91 Å². The maximum atomic E-state index is 12.2. The number of ether oxygens (including phenoxy) is 1. The molecule has 0 saturated carbocycles. The number of rotatable bonds is 5. The van der Waals surface area contributed by atoms with Crippen molar-refractivity contribution in [1.82, 2.24) is 10.2 Å². The van der Waals surface area contributed by atoms with Crippen LogP contribution in [0.2, 0.25) is 0 Å². The Morgan fingerprint density at radius 1 is 1.19 bits per heavy atom. The monoisotopic (exact) mass is 290 g/mol. The molecule has 21 heavy (non-hydrogen) atoms. The van der Waals surface area contributed by atoms with Crippen LogP contribution in [0.25, 0.3) is 0 Å². The average Bonchev–Trinajstić information content (AvgIpc) is 2.46. The summed E-state index contributed by atoms with van der Waals surface area (Å²) >= 11 is 0. The van der Waals surface area contributed by atoms with E-state index < -0.39 is 11.8 Å². The summed E-state index contributed by atoms with van der Waals surface area (Å²) in [6.07, 6.45) is 2.04. The zero-order valence-corrected chi connectivity index (χ0v) is 11.9. The lowest BCUT2D eigenvalue weighted by Gasteiger charge is -2.25. The molecule has 2 rings (SSSR count). The van der Waals surface area contributed by atoms with E-state index in [0.717, 1.165) is 12.8 Å². The highest BCUT2D eigenvalue weighted by atomic mass is 16.5. The first kappa shape index (κ1) is 15.0. The van der Waals surface area contributed by atoms with Crippen LogP contribution in [-0.2, 0) is 9.59 Å². The normalized spacial score (nSPS) is 14.8. The molecular weight excluding hydrogens is 272 g/mol. The van der Waals surface area contributed by atoms with E-state index >= 15 is 0 Å². The predicted molar refractivity (Wildman–Crippen MR) is 75.9 cm³/mol. The van der Waals surface area contributed by atoms with Gasteiger partial charge >= 0.3 is 0 Å². The standard InChI is InChI=1S/C15H18N2O4/c1-2-3-8-21-12-6-4-11(5-7-12)15(20)17-9-13(18)16-14(19)10-17/h4-7H,2-3,8-10H2,1H3,(H,16,18,19). The van der Waals surface area contributed by atoms with Gasteiger partial charge in [-0.1, -0.05) is 13.3 Å². The van der Waals surface area contributed by atoms with Crippen molar-refractivity contribution >= 4 is 17.7 Å². The SMILES string of the molecule is CCCCOc1ccc(C(=O)N2CC(=O)NC(=O)C2)cc1. The first-order chi connectivity index (χ1) is 10.1. The van der Waals surface area contributed by atoms with Crippen molar-refractivity contribution < 1.29 is 19.1 Å². The Kier molecular flexibility index (Phi) is 4.92. The lowest BCUT2D eigenvalue weighted by molar-refractivity contribution is -0.135. The Morgan fingerprint density at radius 2 is 1.81 bits per heavy atom. The number of imide groups is 1. The molecule has 1 aliphatic heterocycles. The topological polar surface area (TPSA) is 75.7 Å². The van der Waals surface area contributed by atoms with E-state index in [1.165, 1.54) is 4.90 Å². The lowest BCUT2D eigenvalue weighted by atomic mass is 10.1. The molecule has 0 atom stereocenters. The van der Waals surface area contributed by atoms with Crippen molar-refractivity contribution in [3.63, 3.8) is 0 Å². The van der Waals surface area contributed by atoms with E-state index in [2.05, 4.69) is 12.2 Å². The molecule has 0 aliphatic carbocycles. The van der Waals surface area contributed by atoms with Gasteiger partial charge in [0.1, 0.15) is 18.8 Å². The molecule has 3 amide bonds. The molecule has 0 bridgehead atoms. The summed E-state index contributed by atoms with van der Waals surface area (Å²) in [6.45, 7) is 2.53. The van der Waals surface area contributed by atoms with Crippen molar-refractivity contribution in [1.29, 1.82) is 0 Å². The van der Waals surface area contributed by atoms with Crippen LogP contribution in [0.1, 0.15) is 30.1 Å². The Balaban J connectivity index is 1.99. The number of carbonyl (C=O) groups is 3. The fourth-order valence-electron chi connectivity index (χ4n) is 1.99. The third-order valence-electron chi connectivity index (χ3n) is 3.10. The Morgan fingerprint density at radius 3 is 2.38 bits per heavy atom. The molecule has 1 aromatic rings. The Hall–Kier alpha value is -2.37. The van der Waals surface area contributed by atoms with E-state index in [9.17, 15) is 14.4 Å². The molecule has 0 aromatic heterocycles. The molecule has 1 saturated heterocycles. The van der Waals surface area contributed by atoms with Gasteiger partial charge in [-0.15, -0.1) is 0 Å². The summed E-state index contributed by atoms with van der Waals surface area (Å²) < 4.78 is 5.52. The zero-order valence-electron chi connectivity index (χ0n) is 11.9. The highest BCUT2D eigenvalue weighted by Gasteiger charge is 2.26. The second-order valence-electron chi connectivity index (χ2n) is 4.86. The number of hydrogen-bond acceptors (Lipinski definition) is 4. The first-order valence-electron chi connectivity index (χ1n) is 6.95. The summed E-state index contributed by atoms with van der Waals surface area (Å²) in [5, 5.41) is 2.16. The third kappa shape index (κ3) is 4.05. The predicted octanol–water partition coefficient (Wildman–Crippen LogP) is 0.964. The van der Waals surface area contributed by atoms with E-state index in [4.69, 9.17) is 4.74 Å². The molecule has 0 radical (unpaired) electrons. The number of piperazine rings is 1. The van der Waals surface area contributed by atoms with Crippen LogP contribution in [0.4, 0.5) is 0 Å². The van der Waals surface area contributed by atoms with Gasteiger partial charge < -0.3 is 9.64 Å². The van der Waals surface area contributed by atoms with Crippen LogP contribution >= 0.6 is 0 Å². The van der Waals surface area contributed by atoms with Gasteiger partial charge in [0.15, 0.2) is 0 Å². The molecule has 1 N–H and O–H groups in total. The Labute approximate surface area is 123 Å². The lowest BCUT2D eigenvalue weighted by Crippen LogP contribution is -2.53. The largest absolute Gasteiger partial charge is 0.494 e. The second kappa shape index (κ2) is 6.88. The van der Waals surface area contributed by atoms with Gasteiger partial charge in [-0.25, -0.2) is 0 Å². The molecule has 6 nitrogen and oxygen atoms in total. The van der Waals surface area contributed by atoms with Crippen molar-refractivity contribution in [2.24, 2.45) is 0 Å². The van der Waals surface area contributed by atoms with Crippen LogP contribution in [0.5, 0.6) is 5.75 Å². The minimum atomic E-state index is -0.459. The van der Waals surface area contributed by atoms with Gasteiger partial charge in [0.05, 0.1) is 6.61 Å². The molecule has 0 unspecified atom stereocenters. The summed E-state index contributed by atoms with van der Waals surface area (Å²) in [6, 6.07) is 6.71. The number of carbonyl (C=O) groups excluding carboxylic acids is 3. The summed E-state index contributed by atoms with van der Waals surface area (Å²) in [7, 11) is 0. The van der Waals surface area contributed by atoms with Crippen molar-refractivity contribution in [2.45, 2.75) is 19.8 Å². The van der Waals surface area contributed by atoms with Crippen molar-refractivity contribution in [2.75, 3.05) is 19.7 Å². The molecule has 1 fully saturated rings. The summed E-state index contributed by atoms with van der Waals surface area (Å²) in [5.41, 5.74) is 0.431. The minimum absolute atomic E-state index is 0.0979. The van der Waals surface area contributed by atoms with Crippen LogP contribution in [0.3, 0.4) is 0 Å². The van der Waals surface area contributed by atoms with Crippen LogP contribution < -0.4 is 10.1 Å². The van der Waals surface area contributed by atoms with Crippen molar-refractivity contribution in [3.8, 4) is 5.75 Å². The van der Waals surface area contributed by atoms with Gasteiger partial charge in [0, 0.05) is 5.56 Å². The average molecular weight is 290 g/mol. The first-order valence-corrected chi connectivity index (χ1v) is 6.95. The smallest absolute Gasteiger partial charge is 0.254 e. The molecule has 112 valence electrons. The quantitative estimate of drug-likeness (QED) is 0.647. The molecular formula is C15H18N2O4. The van der Waals surface area contributed by atoms with Crippen LogP contribution in [-0.4, -0.2) is 42.3 Å². The fourth-order valence-corrected chi connectivity index (χ4v) is 1.99. The minimum Gasteiger partial charge on any atom is -0.494 e. The fraction of sp³-hybridized carbons (Fsp3) is 0.400. The third-order valence-corrected chi connectivity index (χ3v) is 3.10. The van der Waals surface area contributed by atoms with E-state index in [0.29, 0.717) is 17.9 Å². The van der Waals surface area contributed by atoms with Gasteiger partial charge in [0.2, 0.25) is 11.8 Å². The Bertz CT molecular complexity index is 523. The van der Waals surface area contributed by atoms with Crippen LogP contribution in [0.15, 0.2) is 24.3 Å². The molecule has 1 aromatic carbocycles. The second-order valence-corrected chi connectivity index (χ2v) is 4.86. The number of unbranched alkanes of at least 4 members (excludes halogenated alkanes) is 1.